The van der Waals surface area contributed by atoms with Gasteiger partial charge in [0.25, 0.3) is 0 Å². The maximum Gasteiger partial charge on any atom is 0.101 e. The Balaban J connectivity index is 2.69. The molecular weight excluding hydrogens is 204 g/mol. The molecule has 0 saturated carbocycles. The van der Waals surface area contributed by atoms with Gasteiger partial charge in [0.15, 0.2) is 0 Å². The maximum absolute atomic E-state index is 5.69. The molecule has 1 atom stereocenters. The Bertz CT molecular complexity index is 312. The van der Waals surface area contributed by atoms with E-state index < -0.39 is 0 Å². The number of rotatable bonds is 5. The molecule has 0 saturated heterocycles. The Kier molecular flexibility index (Phi) is 5.12. The summed E-state index contributed by atoms with van der Waals surface area (Å²) in [6.45, 7) is 7.09. The second-order valence-electron chi connectivity index (χ2n) is 3.95. The lowest BCUT2D eigenvalue weighted by molar-refractivity contribution is 0.636. The van der Waals surface area contributed by atoms with Gasteiger partial charge in [-0.1, -0.05) is 26.3 Å². The normalized spacial score (nSPS) is 12.8. The summed E-state index contributed by atoms with van der Waals surface area (Å²) in [4.78, 5) is 4.53. The molecule has 2 nitrogen and oxygen atoms in total. The molecule has 0 aliphatic carbocycles. The Labute approximate surface area is 96.7 Å². The van der Waals surface area contributed by atoms with Gasteiger partial charge in [-0.25, -0.2) is 4.98 Å². The molecule has 1 aromatic rings. The van der Waals surface area contributed by atoms with Crippen molar-refractivity contribution in [3.63, 3.8) is 0 Å². The van der Waals surface area contributed by atoms with Crippen LogP contribution in [0.15, 0.2) is 17.2 Å². The van der Waals surface area contributed by atoms with Gasteiger partial charge < -0.3 is 5.73 Å². The fraction of sp³-hybridized carbons (Fsp3) is 0.583. The van der Waals surface area contributed by atoms with Crippen LogP contribution in [0.5, 0.6) is 0 Å². The molecule has 1 rings (SSSR count). The molecule has 1 aromatic heterocycles. The molecule has 0 spiro atoms. The van der Waals surface area contributed by atoms with E-state index in [4.69, 9.17) is 5.73 Å². The largest absolute Gasteiger partial charge is 0.326 e. The van der Waals surface area contributed by atoms with Gasteiger partial charge in [0.05, 0.1) is 0 Å². The van der Waals surface area contributed by atoms with Gasteiger partial charge in [-0.15, -0.1) is 11.8 Å². The molecule has 0 radical (unpaired) electrons. The zero-order chi connectivity index (χ0) is 11.3. The van der Waals surface area contributed by atoms with Crippen LogP contribution in [-0.2, 0) is 6.54 Å². The van der Waals surface area contributed by atoms with Crippen LogP contribution in [0.2, 0.25) is 0 Å². The Morgan fingerprint density at radius 3 is 2.80 bits per heavy atom. The highest BCUT2D eigenvalue weighted by Crippen LogP contribution is 2.23. The van der Waals surface area contributed by atoms with Crippen LogP contribution in [0.4, 0.5) is 0 Å². The first-order valence-electron chi connectivity index (χ1n) is 5.46. The van der Waals surface area contributed by atoms with Crippen molar-refractivity contribution in [2.75, 3.05) is 5.75 Å². The van der Waals surface area contributed by atoms with Gasteiger partial charge in [0.2, 0.25) is 0 Å². The third-order valence-electron chi connectivity index (χ3n) is 2.50. The van der Waals surface area contributed by atoms with Gasteiger partial charge in [0, 0.05) is 18.0 Å². The van der Waals surface area contributed by atoms with E-state index in [0.717, 1.165) is 28.0 Å². The van der Waals surface area contributed by atoms with Crippen LogP contribution in [0.3, 0.4) is 0 Å². The van der Waals surface area contributed by atoms with E-state index in [1.807, 2.05) is 24.8 Å². The minimum Gasteiger partial charge on any atom is -0.326 e. The zero-order valence-corrected chi connectivity index (χ0v) is 10.6. The third-order valence-corrected chi connectivity index (χ3v) is 3.86. The van der Waals surface area contributed by atoms with E-state index in [1.54, 1.807) is 0 Å². The number of nitrogens with two attached hydrogens (primary N) is 1. The summed E-state index contributed by atoms with van der Waals surface area (Å²) in [5.74, 6) is 1.86. The molecule has 2 N–H and O–H groups in total. The molecule has 84 valence electrons. The number of nitrogens with zero attached hydrogens (tertiary/aromatic N) is 1. The molecule has 3 heteroatoms. The molecular formula is C12H20N2S. The predicted molar refractivity (Wildman–Crippen MR) is 67.0 cm³/mol. The molecule has 0 aliphatic heterocycles. The third kappa shape index (κ3) is 3.84. The van der Waals surface area contributed by atoms with Gasteiger partial charge in [-0.2, -0.15) is 0 Å². The number of pyridine rings is 1. The van der Waals surface area contributed by atoms with Crippen LogP contribution < -0.4 is 5.73 Å². The Morgan fingerprint density at radius 1 is 1.47 bits per heavy atom. The summed E-state index contributed by atoms with van der Waals surface area (Å²) in [6, 6.07) is 4.11. The van der Waals surface area contributed by atoms with Crippen LogP contribution in [0.25, 0.3) is 0 Å². The lowest BCUT2D eigenvalue weighted by Crippen LogP contribution is -2.03. The van der Waals surface area contributed by atoms with Crippen molar-refractivity contribution < 1.29 is 0 Å². The first-order valence-corrected chi connectivity index (χ1v) is 6.45. The highest BCUT2D eigenvalue weighted by molar-refractivity contribution is 7.99. The molecule has 1 unspecified atom stereocenters. The number of hydrogen-bond acceptors (Lipinski definition) is 3. The second-order valence-corrected chi connectivity index (χ2v) is 4.95. The van der Waals surface area contributed by atoms with Crippen molar-refractivity contribution in [3.8, 4) is 0 Å². The summed E-state index contributed by atoms with van der Waals surface area (Å²) in [5.41, 5.74) is 7.92. The topological polar surface area (TPSA) is 38.9 Å². The number of aromatic nitrogens is 1. The molecule has 0 bridgehead atoms. The molecule has 0 fully saturated rings. The Morgan fingerprint density at radius 2 is 2.20 bits per heavy atom. The van der Waals surface area contributed by atoms with Crippen LogP contribution in [0.1, 0.15) is 31.5 Å². The summed E-state index contributed by atoms with van der Waals surface area (Å²) in [6.07, 6.45) is 1.22. The summed E-state index contributed by atoms with van der Waals surface area (Å²) >= 11 is 1.83. The maximum atomic E-state index is 5.69. The Hall–Kier alpha value is -0.540. The van der Waals surface area contributed by atoms with Crippen molar-refractivity contribution >= 4 is 11.8 Å². The first-order chi connectivity index (χ1) is 7.17. The van der Waals surface area contributed by atoms with Gasteiger partial charge in [-0.05, 0) is 24.5 Å². The van der Waals surface area contributed by atoms with E-state index in [0.29, 0.717) is 6.54 Å². The quantitative estimate of drug-likeness (QED) is 0.781. The van der Waals surface area contributed by atoms with Gasteiger partial charge in [-0.3, -0.25) is 0 Å². The van der Waals surface area contributed by atoms with E-state index in [-0.39, 0.29) is 0 Å². The van der Waals surface area contributed by atoms with E-state index in [2.05, 4.69) is 24.9 Å². The van der Waals surface area contributed by atoms with E-state index in [9.17, 15) is 0 Å². The predicted octanol–water partition coefficient (Wildman–Crippen LogP) is 2.99. The highest BCUT2D eigenvalue weighted by Gasteiger charge is 2.06. The van der Waals surface area contributed by atoms with Crippen molar-refractivity contribution in [3.05, 3.63) is 23.4 Å². The molecule has 1 heterocycles. The van der Waals surface area contributed by atoms with Gasteiger partial charge >= 0.3 is 0 Å². The molecule has 0 aliphatic rings. The fourth-order valence-corrected chi connectivity index (χ4v) is 2.40. The summed E-state index contributed by atoms with van der Waals surface area (Å²) < 4.78 is 0. The number of hydrogen-bond donors (Lipinski definition) is 1. The lowest BCUT2D eigenvalue weighted by atomic mass is 10.2. The van der Waals surface area contributed by atoms with Crippen LogP contribution in [-0.4, -0.2) is 10.7 Å². The lowest BCUT2D eigenvalue weighted by Gasteiger charge is -2.10. The van der Waals surface area contributed by atoms with E-state index in [1.165, 1.54) is 6.42 Å². The van der Waals surface area contributed by atoms with Crippen LogP contribution in [0, 0.1) is 12.8 Å². The fourth-order valence-electron chi connectivity index (χ4n) is 1.18. The first kappa shape index (κ1) is 12.5. The summed E-state index contributed by atoms with van der Waals surface area (Å²) in [5, 5.41) is 1.11. The standard InChI is InChI=1S/C12H20N2S/c1-4-9(2)8-15-12-11(7-13)6-5-10(3)14-12/h5-6,9H,4,7-8,13H2,1-3H3. The van der Waals surface area contributed by atoms with Crippen LogP contribution >= 0.6 is 11.8 Å². The minimum absolute atomic E-state index is 0.579. The summed E-state index contributed by atoms with van der Waals surface area (Å²) in [7, 11) is 0. The molecule has 0 aromatic carbocycles. The molecule has 15 heavy (non-hydrogen) atoms. The smallest absolute Gasteiger partial charge is 0.101 e. The van der Waals surface area contributed by atoms with Crippen molar-refractivity contribution in [1.82, 2.24) is 4.98 Å². The SMILES string of the molecule is CCC(C)CSc1nc(C)ccc1CN. The average Bonchev–Trinajstić information content (AvgIpc) is 2.26. The highest BCUT2D eigenvalue weighted by atomic mass is 32.2. The van der Waals surface area contributed by atoms with E-state index >= 15 is 0 Å². The second kappa shape index (κ2) is 6.13. The van der Waals surface area contributed by atoms with Crippen molar-refractivity contribution in [1.29, 1.82) is 0 Å². The molecule has 0 amide bonds. The monoisotopic (exact) mass is 224 g/mol. The zero-order valence-electron chi connectivity index (χ0n) is 9.79. The van der Waals surface area contributed by atoms with Crippen molar-refractivity contribution in [2.45, 2.75) is 38.8 Å². The minimum atomic E-state index is 0.579. The average molecular weight is 224 g/mol. The number of thioether (sulfide) groups is 1. The number of aryl methyl sites for hydroxylation is 1. The van der Waals surface area contributed by atoms with Gasteiger partial charge in [0.1, 0.15) is 5.03 Å². The van der Waals surface area contributed by atoms with Crippen molar-refractivity contribution in [2.24, 2.45) is 11.7 Å².